The quantitative estimate of drug-likeness (QED) is 0.0724. The Labute approximate surface area is 447 Å². The maximum atomic E-state index is 13.8. The van der Waals surface area contributed by atoms with Crippen LogP contribution in [0.3, 0.4) is 0 Å². The van der Waals surface area contributed by atoms with Gasteiger partial charge in [0.05, 0.1) is 94.6 Å². The topological polar surface area (TPSA) is 213 Å². The maximum Gasteiger partial charge on any atom is 0.496 e. The van der Waals surface area contributed by atoms with E-state index in [4.69, 9.17) is 50.6 Å². The molecule has 27 heteroatoms. The third-order valence-electron chi connectivity index (χ3n) is 13.9. The molecule has 4 aromatic heterocycles. The van der Waals surface area contributed by atoms with Gasteiger partial charge in [0.25, 0.3) is 12.9 Å². The molecule has 5 aliphatic rings. The first kappa shape index (κ1) is 58.3. The molecule has 0 aromatic carbocycles. The van der Waals surface area contributed by atoms with Gasteiger partial charge in [-0.3, -0.25) is 0 Å². The highest BCUT2D eigenvalue weighted by Crippen LogP contribution is 2.38. The van der Waals surface area contributed by atoms with Gasteiger partial charge < -0.3 is 58.5 Å². The number of nitrogen functional groups attached to an aromatic ring is 1. The molecule has 2 N–H and O–H groups in total. The van der Waals surface area contributed by atoms with Crippen molar-refractivity contribution in [2.75, 3.05) is 118 Å². The molecule has 21 nitrogen and oxygen atoms in total. The predicted molar refractivity (Wildman–Crippen MR) is 284 cm³/mol. The van der Waals surface area contributed by atoms with E-state index >= 15 is 0 Å². The van der Waals surface area contributed by atoms with E-state index in [2.05, 4.69) is 75.4 Å². The van der Waals surface area contributed by atoms with Crippen molar-refractivity contribution in [2.24, 2.45) is 4.99 Å². The van der Waals surface area contributed by atoms with Crippen molar-refractivity contribution < 1.29 is 45.8 Å². The number of pyridine rings is 2. The van der Waals surface area contributed by atoms with Crippen molar-refractivity contribution in [1.29, 1.82) is 0 Å². The number of halogens is 5. The second-order valence-corrected chi connectivity index (χ2v) is 20.5. The second-order valence-electron chi connectivity index (χ2n) is 20.1. The fraction of sp³-hybridized carbons (Fsp3) is 0.653. The molecule has 0 bridgehead atoms. The molecule has 4 atom stereocenters. The lowest BCUT2D eigenvalue weighted by atomic mass is 9.77. The van der Waals surface area contributed by atoms with Crippen LogP contribution in [0.4, 0.5) is 53.0 Å². The summed E-state index contributed by atoms with van der Waals surface area (Å²) in [7, 11) is 2.70. The molecule has 0 spiro atoms. The zero-order chi connectivity index (χ0) is 54.9. The smallest absolute Gasteiger partial charge is 0.399 e. The molecule has 416 valence electrons. The van der Waals surface area contributed by atoms with Crippen molar-refractivity contribution in [2.45, 2.75) is 116 Å². The summed E-state index contributed by atoms with van der Waals surface area (Å²) in [6, 6.07) is 3.09. The molecule has 0 aliphatic carbocycles. The Bertz CT molecular complexity index is 2570. The van der Waals surface area contributed by atoms with Crippen molar-refractivity contribution in [1.82, 2.24) is 44.8 Å². The predicted octanol–water partition coefficient (Wildman–Crippen LogP) is 6.20. The van der Waals surface area contributed by atoms with Gasteiger partial charge in [0.2, 0.25) is 29.1 Å². The Morgan fingerprint density at radius 1 is 0.684 bits per heavy atom. The van der Waals surface area contributed by atoms with E-state index in [1.807, 2.05) is 39.5 Å². The van der Waals surface area contributed by atoms with E-state index in [-0.39, 0.29) is 69.1 Å². The van der Waals surface area contributed by atoms with Gasteiger partial charge in [0, 0.05) is 74.8 Å². The van der Waals surface area contributed by atoms with Crippen LogP contribution in [0.1, 0.15) is 92.2 Å². The number of nitrogens with zero attached hydrogens (tertiary/aromatic N) is 14. The first-order valence-electron chi connectivity index (χ1n) is 25.6. The van der Waals surface area contributed by atoms with Crippen LogP contribution >= 0.6 is 11.6 Å². The minimum Gasteiger partial charge on any atom is -0.399 e. The number of rotatable bonds is 12. The van der Waals surface area contributed by atoms with Crippen LogP contribution in [0.25, 0.3) is 11.4 Å². The largest absolute Gasteiger partial charge is 0.496 e. The lowest BCUT2D eigenvalue weighted by molar-refractivity contribution is 0.00578. The van der Waals surface area contributed by atoms with E-state index in [1.54, 1.807) is 19.0 Å². The Hall–Kier alpha value is -5.38. The average Bonchev–Trinajstić information content (AvgIpc) is 3.65. The Morgan fingerprint density at radius 3 is 1.62 bits per heavy atom. The number of nitrogens with two attached hydrogens (primary N) is 1. The average molecular weight is 1090 g/mol. The van der Waals surface area contributed by atoms with E-state index < -0.39 is 31.2 Å². The Morgan fingerprint density at radius 2 is 1.14 bits per heavy atom. The van der Waals surface area contributed by atoms with Gasteiger partial charge in [-0.1, -0.05) is 13.8 Å². The molecule has 0 unspecified atom stereocenters. The van der Waals surface area contributed by atoms with Crippen LogP contribution in [0.15, 0.2) is 29.5 Å². The number of aromatic nitrogens is 8. The highest BCUT2D eigenvalue weighted by molar-refractivity contribution is 6.62. The number of hydrogen-bond acceptors (Lipinski definition) is 20. The van der Waals surface area contributed by atoms with Crippen LogP contribution in [0.5, 0.6) is 0 Å². The van der Waals surface area contributed by atoms with Crippen LogP contribution in [-0.2, 0) is 28.3 Å². The van der Waals surface area contributed by atoms with Crippen molar-refractivity contribution in [3.05, 3.63) is 40.9 Å². The third kappa shape index (κ3) is 14.2. The van der Waals surface area contributed by atoms with Crippen molar-refractivity contribution in [3.8, 4) is 11.4 Å². The molecule has 5 aliphatic heterocycles. The molecule has 5 fully saturated rings. The molecule has 9 rings (SSSR count). The minimum atomic E-state index is -2.74. The van der Waals surface area contributed by atoms with Crippen molar-refractivity contribution in [3.63, 3.8) is 0 Å². The van der Waals surface area contributed by atoms with E-state index in [1.165, 1.54) is 30.9 Å². The summed E-state index contributed by atoms with van der Waals surface area (Å²) in [6.07, 6.45) is 0.582. The number of hydrogen-bond donors (Lipinski definition) is 1. The lowest BCUT2D eigenvalue weighted by Crippen LogP contribution is -2.47. The monoisotopic (exact) mass is 1090 g/mol. The normalized spacial score (nSPS) is 22.7. The van der Waals surface area contributed by atoms with Gasteiger partial charge in [0.15, 0.2) is 11.6 Å². The fourth-order valence-corrected chi connectivity index (χ4v) is 8.96. The molecule has 0 radical (unpaired) electrons. The van der Waals surface area contributed by atoms with E-state index in [9.17, 15) is 17.6 Å². The summed E-state index contributed by atoms with van der Waals surface area (Å²) < 4.78 is 88.3. The number of anilines is 5. The Balaban J connectivity index is 0.000000169. The lowest BCUT2D eigenvalue weighted by Gasteiger charge is -2.37. The number of ether oxygens (including phenoxy) is 4. The number of morpholine rings is 4. The van der Waals surface area contributed by atoms with E-state index in [0.29, 0.717) is 89.7 Å². The summed E-state index contributed by atoms with van der Waals surface area (Å²) in [4.78, 5) is 49.5. The standard InChI is InChI=1S/C20H27F2N7O2.C15H22BF2N3O2.C14H22ClN5O2/c1-3-13-11-31-7-5-29(13)20-26-18(15-9-24-16(23)8-14(15)17(21)22)25-19(27-20)28-4-6-30-10-12(28)2;1-14(2)15(3,4)23-16(22-14)11-8-19-12(20-9-21(5)6)7-10(11)13(17)18;1-3-11-9-22-7-5-20(11)14-17-12(15)16-13(18-14)19-4-6-21-8-10(19)2/h8-9,12-13,17H,3-7,10-11H2,1-2H3,(H2,23,24);7-9,13H,1-6H3;10-11H,3-9H2,1-2H3/t12-,13+;;10-,11+/m1.1/s1. The van der Waals surface area contributed by atoms with Crippen LogP contribution in [0, 0.1) is 0 Å². The highest BCUT2D eigenvalue weighted by Gasteiger charge is 2.53. The van der Waals surface area contributed by atoms with Gasteiger partial charge in [-0.25, -0.2) is 32.5 Å². The zero-order valence-corrected chi connectivity index (χ0v) is 45.8. The zero-order valence-electron chi connectivity index (χ0n) is 45.0. The Kier molecular flexibility index (Phi) is 19.8. The summed E-state index contributed by atoms with van der Waals surface area (Å²) in [5.41, 5.74) is 4.41. The third-order valence-corrected chi connectivity index (χ3v) is 14.1. The SMILES string of the molecule is CC[C@H]1COCCN1c1nc(-c2cnc(N)cc2C(F)F)nc(N2CCOC[C@H]2C)n1.CC[C@H]1COCCN1c1nc(Cl)nc(N2CCOC[C@H]2C)n1.CN(C)C=Nc1cc(C(F)F)c(B2OC(C)(C)C(C)(C)O2)cn1. The summed E-state index contributed by atoms with van der Waals surface area (Å²) in [6.45, 7) is 23.5. The van der Waals surface area contributed by atoms with Crippen molar-refractivity contribution >= 4 is 65.9 Å². The molecule has 0 saturated carbocycles. The summed E-state index contributed by atoms with van der Waals surface area (Å²) >= 11 is 6.15. The fourth-order valence-electron chi connectivity index (χ4n) is 8.81. The molecule has 0 amide bonds. The van der Waals surface area contributed by atoms with Crippen LogP contribution in [0.2, 0.25) is 5.28 Å². The molecule has 5 saturated heterocycles. The molecular formula is C49H71BClF4N15O6. The van der Waals surface area contributed by atoms with Gasteiger partial charge in [0.1, 0.15) is 5.82 Å². The summed E-state index contributed by atoms with van der Waals surface area (Å²) in [5, 5.41) is 0.236. The molecule has 76 heavy (non-hydrogen) atoms. The molecular weight excluding hydrogens is 1020 g/mol. The van der Waals surface area contributed by atoms with Gasteiger partial charge in [-0.15, -0.1) is 0 Å². The first-order chi connectivity index (χ1) is 36.2. The van der Waals surface area contributed by atoms with Gasteiger partial charge >= 0.3 is 7.12 Å². The van der Waals surface area contributed by atoms with Crippen LogP contribution < -0.4 is 30.8 Å². The van der Waals surface area contributed by atoms with Crippen LogP contribution in [-0.4, -0.2) is 187 Å². The first-order valence-corrected chi connectivity index (χ1v) is 26.0. The summed E-state index contributed by atoms with van der Waals surface area (Å²) in [5.74, 6) is 2.56. The van der Waals surface area contributed by atoms with E-state index in [0.717, 1.165) is 25.9 Å². The number of alkyl halides is 4. The highest BCUT2D eigenvalue weighted by atomic mass is 35.5. The van der Waals surface area contributed by atoms with Gasteiger partial charge in [-0.2, -0.15) is 29.9 Å². The molecule has 9 heterocycles. The number of aliphatic imine (C=N–C) groups is 1. The van der Waals surface area contributed by atoms with Gasteiger partial charge in [-0.05, 0) is 78.1 Å². The maximum absolute atomic E-state index is 13.8. The minimum absolute atomic E-state index is 0.0228. The second kappa shape index (κ2) is 25.8. The molecule has 4 aromatic rings.